The van der Waals surface area contributed by atoms with E-state index in [2.05, 4.69) is 5.32 Å². The number of rotatable bonds is 9. The van der Waals surface area contributed by atoms with Gasteiger partial charge >= 0.3 is 5.97 Å². The number of carbonyl (C=O) groups is 2. The van der Waals surface area contributed by atoms with Gasteiger partial charge in [0, 0.05) is 12.2 Å². The first kappa shape index (κ1) is 22.2. The molecule has 1 N–H and O–H groups in total. The zero-order valence-corrected chi connectivity index (χ0v) is 17.4. The summed E-state index contributed by atoms with van der Waals surface area (Å²) in [7, 11) is 3.07. The molecular weight excluding hydrogens is 374 g/mol. The molecule has 0 fully saturated rings. The average Bonchev–Trinajstić information content (AvgIpc) is 2.72. The van der Waals surface area contributed by atoms with Gasteiger partial charge < -0.3 is 24.3 Å². The second-order valence-corrected chi connectivity index (χ2v) is 6.40. The van der Waals surface area contributed by atoms with Crippen molar-refractivity contribution in [3.8, 4) is 11.5 Å². The molecule has 0 radical (unpaired) electrons. The zero-order chi connectivity index (χ0) is 21.4. The Balaban J connectivity index is 2.08. The van der Waals surface area contributed by atoms with Gasteiger partial charge in [0.25, 0.3) is 5.91 Å². The van der Waals surface area contributed by atoms with Crippen molar-refractivity contribution in [1.82, 2.24) is 0 Å². The van der Waals surface area contributed by atoms with Crippen molar-refractivity contribution in [3.05, 3.63) is 53.1 Å². The summed E-state index contributed by atoms with van der Waals surface area (Å²) in [4.78, 5) is 25.0. The summed E-state index contributed by atoms with van der Waals surface area (Å²) in [5, 5.41) is 2.74. The number of benzene rings is 2. The fourth-order valence-electron chi connectivity index (χ4n) is 2.67. The van der Waals surface area contributed by atoms with Gasteiger partial charge in [-0.05, 0) is 56.7 Å². The molecule has 0 unspecified atom stereocenters. The third-order valence-corrected chi connectivity index (χ3v) is 4.24. The lowest BCUT2D eigenvalue weighted by molar-refractivity contribution is -0.123. The first-order valence-electron chi connectivity index (χ1n) is 9.30. The second-order valence-electron chi connectivity index (χ2n) is 6.40. The molecule has 0 saturated carbocycles. The number of hydrogen-bond acceptors (Lipinski definition) is 6. The van der Waals surface area contributed by atoms with Crippen molar-refractivity contribution in [3.63, 3.8) is 0 Å². The number of methoxy groups -OCH3 is 2. The van der Waals surface area contributed by atoms with Gasteiger partial charge in [-0.2, -0.15) is 0 Å². The van der Waals surface area contributed by atoms with Crippen LogP contribution in [0.15, 0.2) is 36.4 Å². The molecule has 7 nitrogen and oxygen atoms in total. The van der Waals surface area contributed by atoms with Gasteiger partial charge in [-0.15, -0.1) is 0 Å². The Morgan fingerprint density at radius 2 is 1.72 bits per heavy atom. The van der Waals surface area contributed by atoms with Crippen LogP contribution < -0.4 is 14.8 Å². The summed E-state index contributed by atoms with van der Waals surface area (Å²) in [6.45, 7) is 6.15. The summed E-state index contributed by atoms with van der Waals surface area (Å²) in [6, 6.07) is 10.3. The van der Waals surface area contributed by atoms with Gasteiger partial charge in [0.15, 0.2) is 6.10 Å². The number of ether oxygens (including phenoxy) is 4. The van der Waals surface area contributed by atoms with E-state index in [9.17, 15) is 9.59 Å². The SMILES string of the molecule is CCOCc1cc(C(=O)O[C@H](C)C(=O)Nc2cc(C)ccc2OC)ccc1OC. The van der Waals surface area contributed by atoms with Crippen LogP contribution in [-0.2, 0) is 20.9 Å². The van der Waals surface area contributed by atoms with Crippen molar-refractivity contribution in [2.24, 2.45) is 0 Å². The van der Waals surface area contributed by atoms with Gasteiger partial charge in [-0.25, -0.2) is 4.79 Å². The lowest BCUT2D eigenvalue weighted by atomic mass is 10.1. The molecule has 7 heteroatoms. The Kier molecular flexibility index (Phi) is 8.03. The number of amides is 1. The highest BCUT2D eigenvalue weighted by Crippen LogP contribution is 2.26. The molecule has 0 aromatic heterocycles. The normalized spacial score (nSPS) is 11.5. The van der Waals surface area contributed by atoms with Crippen LogP contribution in [0.4, 0.5) is 5.69 Å². The first-order chi connectivity index (χ1) is 13.9. The van der Waals surface area contributed by atoms with E-state index in [4.69, 9.17) is 18.9 Å². The number of aryl methyl sites for hydroxylation is 1. The van der Waals surface area contributed by atoms with Gasteiger partial charge in [-0.1, -0.05) is 6.07 Å². The van der Waals surface area contributed by atoms with Crippen LogP contribution in [0, 0.1) is 6.92 Å². The van der Waals surface area contributed by atoms with Gasteiger partial charge in [0.1, 0.15) is 11.5 Å². The monoisotopic (exact) mass is 401 g/mol. The van der Waals surface area contributed by atoms with Crippen LogP contribution in [0.1, 0.15) is 35.3 Å². The Bertz CT molecular complexity index is 864. The minimum atomic E-state index is -0.995. The molecule has 29 heavy (non-hydrogen) atoms. The molecule has 0 bridgehead atoms. The van der Waals surface area contributed by atoms with E-state index in [1.54, 1.807) is 37.4 Å². The van der Waals surface area contributed by atoms with E-state index in [0.717, 1.165) is 11.1 Å². The predicted molar refractivity (Wildman–Crippen MR) is 110 cm³/mol. The van der Waals surface area contributed by atoms with E-state index in [-0.39, 0.29) is 0 Å². The van der Waals surface area contributed by atoms with Crippen molar-refractivity contribution < 1.29 is 28.5 Å². The highest BCUT2D eigenvalue weighted by molar-refractivity contribution is 5.98. The quantitative estimate of drug-likeness (QED) is 0.645. The van der Waals surface area contributed by atoms with Crippen molar-refractivity contribution >= 4 is 17.6 Å². The van der Waals surface area contributed by atoms with E-state index in [1.807, 2.05) is 19.9 Å². The molecule has 1 amide bonds. The standard InChI is InChI=1S/C22H27NO6/c1-6-28-13-17-12-16(8-10-19(17)26-4)22(25)29-15(3)21(24)23-18-11-14(2)7-9-20(18)27-5/h7-12,15H,6,13H2,1-5H3,(H,23,24)/t15-/m1/s1. The molecule has 156 valence electrons. The second kappa shape index (κ2) is 10.5. The third-order valence-electron chi connectivity index (χ3n) is 4.24. The van der Waals surface area contributed by atoms with Crippen LogP contribution in [0.25, 0.3) is 0 Å². The molecule has 0 spiro atoms. The molecule has 2 rings (SSSR count). The molecule has 0 heterocycles. The summed E-state index contributed by atoms with van der Waals surface area (Å²) < 4.78 is 21.3. The molecule has 0 aliphatic heterocycles. The third kappa shape index (κ3) is 5.96. The Hall–Kier alpha value is -3.06. The summed E-state index contributed by atoms with van der Waals surface area (Å²) in [5.74, 6) is 0.0834. The van der Waals surface area contributed by atoms with Crippen molar-refractivity contribution in [2.45, 2.75) is 33.5 Å². The minimum Gasteiger partial charge on any atom is -0.496 e. The molecule has 1 atom stereocenters. The van der Waals surface area contributed by atoms with Gasteiger partial charge in [-0.3, -0.25) is 4.79 Å². The topological polar surface area (TPSA) is 83.1 Å². The minimum absolute atomic E-state index is 0.310. The fourth-order valence-corrected chi connectivity index (χ4v) is 2.67. The lowest BCUT2D eigenvalue weighted by Gasteiger charge is -2.16. The number of hydrogen-bond donors (Lipinski definition) is 1. The van der Waals surface area contributed by atoms with Crippen LogP contribution in [-0.4, -0.2) is 38.8 Å². The Morgan fingerprint density at radius 3 is 2.38 bits per heavy atom. The fraction of sp³-hybridized carbons (Fsp3) is 0.364. The van der Waals surface area contributed by atoms with Crippen LogP contribution in [0.5, 0.6) is 11.5 Å². The van der Waals surface area contributed by atoms with Crippen LogP contribution >= 0.6 is 0 Å². The van der Waals surface area contributed by atoms with Crippen LogP contribution in [0.2, 0.25) is 0 Å². The molecule has 2 aromatic rings. The van der Waals surface area contributed by atoms with E-state index < -0.39 is 18.0 Å². The van der Waals surface area contributed by atoms with E-state index in [0.29, 0.717) is 36.0 Å². The highest BCUT2D eigenvalue weighted by atomic mass is 16.5. The van der Waals surface area contributed by atoms with E-state index >= 15 is 0 Å². The summed E-state index contributed by atoms with van der Waals surface area (Å²) >= 11 is 0. The smallest absolute Gasteiger partial charge is 0.338 e. The van der Waals surface area contributed by atoms with Gasteiger partial charge in [0.05, 0.1) is 32.1 Å². The predicted octanol–water partition coefficient (Wildman–Crippen LogP) is 3.73. The Morgan fingerprint density at radius 1 is 1.03 bits per heavy atom. The van der Waals surface area contributed by atoms with Gasteiger partial charge in [0.2, 0.25) is 0 Å². The Labute approximate surface area is 170 Å². The molecular formula is C22H27NO6. The number of carbonyl (C=O) groups excluding carboxylic acids is 2. The lowest BCUT2D eigenvalue weighted by Crippen LogP contribution is -2.30. The molecule has 2 aromatic carbocycles. The summed E-state index contributed by atoms with van der Waals surface area (Å²) in [5.41, 5.74) is 2.52. The maximum Gasteiger partial charge on any atom is 0.338 e. The van der Waals surface area contributed by atoms with Crippen LogP contribution in [0.3, 0.4) is 0 Å². The largest absolute Gasteiger partial charge is 0.496 e. The summed E-state index contributed by atoms with van der Waals surface area (Å²) in [6.07, 6.45) is -0.995. The molecule has 0 aliphatic rings. The number of nitrogens with one attached hydrogen (secondary N) is 1. The maximum atomic E-state index is 12.5. The van der Waals surface area contributed by atoms with Crippen molar-refractivity contribution in [2.75, 3.05) is 26.1 Å². The maximum absolute atomic E-state index is 12.5. The number of esters is 1. The highest BCUT2D eigenvalue weighted by Gasteiger charge is 2.21. The molecule has 0 saturated heterocycles. The number of anilines is 1. The zero-order valence-electron chi connectivity index (χ0n) is 17.4. The van der Waals surface area contributed by atoms with Crippen molar-refractivity contribution in [1.29, 1.82) is 0 Å². The van der Waals surface area contributed by atoms with E-state index in [1.165, 1.54) is 14.0 Å². The average molecular weight is 401 g/mol. The first-order valence-corrected chi connectivity index (χ1v) is 9.30. The molecule has 0 aliphatic carbocycles.